The van der Waals surface area contributed by atoms with Gasteiger partial charge in [-0.15, -0.1) is 0 Å². The Morgan fingerprint density at radius 3 is 2.26 bits per heavy atom. The molecule has 1 heterocycles. The molecule has 1 aromatic rings. The van der Waals surface area contributed by atoms with Gasteiger partial charge in [0.2, 0.25) is 11.8 Å². The van der Waals surface area contributed by atoms with E-state index >= 15 is 0 Å². The van der Waals surface area contributed by atoms with Crippen molar-refractivity contribution in [3.63, 3.8) is 0 Å². The number of carbonyl (C=O) groups excluding carboxylic acids is 4. The molecule has 9 nitrogen and oxygen atoms in total. The van der Waals surface area contributed by atoms with Gasteiger partial charge in [-0.1, -0.05) is 32.1 Å². The number of hydrogen-bond donors (Lipinski definition) is 2. The van der Waals surface area contributed by atoms with Crippen molar-refractivity contribution >= 4 is 29.6 Å². The average Bonchev–Trinajstić information content (AvgIpc) is 3.42. The Morgan fingerprint density at radius 2 is 1.65 bits per heavy atom. The highest BCUT2D eigenvalue weighted by Crippen LogP contribution is 2.41. The highest BCUT2D eigenvalue weighted by atomic mass is 19.1. The minimum absolute atomic E-state index is 0.00817. The van der Waals surface area contributed by atoms with Crippen LogP contribution in [0.2, 0.25) is 0 Å². The average molecular weight is 602 g/mol. The van der Waals surface area contributed by atoms with Crippen molar-refractivity contribution in [3.05, 3.63) is 29.6 Å². The van der Waals surface area contributed by atoms with Gasteiger partial charge in [0.25, 0.3) is 0 Å². The molecule has 3 atom stereocenters. The Labute approximate surface area is 254 Å². The maximum absolute atomic E-state index is 14.9. The zero-order chi connectivity index (χ0) is 31.3. The quantitative estimate of drug-likeness (QED) is 0.367. The Bertz CT molecular complexity index is 1170. The first-order valence-corrected chi connectivity index (χ1v) is 15.9. The topological polar surface area (TPSA) is 114 Å². The molecule has 10 heteroatoms. The number of likely N-dealkylation sites (tertiary alicyclic amines) is 1. The zero-order valence-electron chi connectivity index (χ0n) is 26.2. The van der Waals surface area contributed by atoms with E-state index in [4.69, 9.17) is 4.74 Å². The number of alkyl carbamates (subject to hydrolysis) is 1. The van der Waals surface area contributed by atoms with Crippen molar-refractivity contribution in [3.8, 4) is 0 Å². The molecule has 3 fully saturated rings. The molecule has 43 heavy (non-hydrogen) atoms. The summed E-state index contributed by atoms with van der Waals surface area (Å²) in [7, 11) is 1.22. The summed E-state index contributed by atoms with van der Waals surface area (Å²) in [5.74, 6) is -1.36. The summed E-state index contributed by atoms with van der Waals surface area (Å²) >= 11 is 0. The van der Waals surface area contributed by atoms with E-state index in [1.807, 2.05) is 27.7 Å². The minimum atomic E-state index is -0.728. The smallest absolute Gasteiger partial charge is 0.407 e. The van der Waals surface area contributed by atoms with E-state index in [0.717, 1.165) is 51.0 Å². The first-order chi connectivity index (χ1) is 20.4. The van der Waals surface area contributed by atoms with Gasteiger partial charge in [0.15, 0.2) is 0 Å². The van der Waals surface area contributed by atoms with Gasteiger partial charge in [-0.25, -0.2) is 14.0 Å². The third-order valence-corrected chi connectivity index (χ3v) is 9.47. The lowest BCUT2D eigenvalue weighted by Gasteiger charge is -2.37. The van der Waals surface area contributed by atoms with Crippen LogP contribution < -0.4 is 10.6 Å². The van der Waals surface area contributed by atoms with Crippen LogP contribution in [0.4, 0.5) is 14.9 Å². The van der Waals surface area contributed by atoms with Gasteiger partial charge in [0.05, 0.1) is 18.4 Å². The highest BCUT2D eigenvalue weighted by molar-refractivity contribution is 5.99. The van der Waals surface area contributed by atoms with Crippen LogP contribution in [-0.4, -0.2) is 60.1 Å². The van der Waals surface area contributed by atoms with Gasteiger partial charge < -0.3 is 25.0 Å². The molecule has 1 aromatic carbocycles. The molecule has 1 unspecified atom stereocenters. The minimum Gasteiger partial charge on any atom is -0.465 e. The molecule has 1 aliphatic heterocycles. The SMILES string of the molecule is COC(=O)c1ccc(NC(=O)[C@@H]2[C@@H](C3CCCCC3)CCN2C(=O)[C@H]2CC[C@H](C(C)NC(=O)OC(C)(C)C)CC2)c(F)c1. The number of hydrogen-bond acceptors (Lipinski definition) is 6. The van der Waals surface area contributed by atoms with Gasteiger partial charge in [0, 0.05) is 18.5 Å². The molecule has 2 aliphatic carbocycles. The van der Waals surface area contributed by atoms with Crippen LogP contribution >= 0.6 is 0 Å². The third kappa shape index (κ3) is 8.26. The number of benzene rings is 1. The van der Waals surface area contributed by atoms with Crippen LogP contribution in [0.15, 0.2) is 18.2 Å². The molecule has 3 aliphatic rings. The Morgan fingerprint density at radius 1 is 0.977 bits per heavy atom. The molecule has 1 saturated heterocycles. The molecular formula is C33H48FN3O6. The number of halogens is 1. The fourth-order valence-corrected chi connectivity index (χ4v) is 7.24. The summed E-state index contributed by atoms with van der Waals surface area (Å²) in [4.78, 5) is 53.6. The van der Waals surface area contributed by atoms with Gasteiger partial charge in [-0.2, -0.15) is 0 Å². The standard InChI is InChI=1S/C33H48FN3O6/c1-20(35-32(41)43-33(2,3)4)21-11-13-23(14-12-21)30(39)37-18-17-25(22-9-7-6-8-10-22)28(37)29(38)36-27-16-15-24(19-26(27)34)31(40)42-5/h15-16,19-23,25,28H,6-14,17-18H2,1-5H3,(H,35,41)(H,36,38)/t20?,21-,23-,25-,28+/m1/s1. The molecule has 3 amide bonds. The number of rotatable bonds is 7. The van der Waals surface area contributed by atoms with Crippen LogP contribution in [0.1, 0.15) is 102 Å². The number of methoxy groups -OCH3 is 1. The van der Waals surface area contributed by atoms with Crippen LogP contribution in [0.5, 0.6) is 0 Å². The maximum Gasteiger partial charge on any atom is 0.407 e. The molecule has 238 valence electrons. The molecule has 2 N–H and O–H groups in total. The van der Waals surface area contributed by atoms with Gasteiger partial charge in [-0.05, 0) is 95.8 Å². The maximum atomic E-state index is 14.9. The second-order valence-corrected chi connectivity index (χ2v) is 13.5. The second kappa shape index (κ2) is 14.1. The van der Waals surface area contributed by atoms with Crippen LogP contribution in [0.3, 0.4) is 0 Å². The van der Waals surface area contributed by atoms with E-state index < -0.39 is 29.5 Å². The number of anilines is 1. The normalized spacial score (nSPS) is 25.5. The number of esters is 1. The molecule has 0 spiro atoms. The number of amides is 3. The van der Waals surface area contributed by atoms with E-state index in [0.29, 0.717) is 25.3 Å². The molecule has 0 radical (unpaired) electrons. The van der Waals surface area contributed by atoms with Crippen LogP contribution in [-0.2, 0) is 19.1 Å². The van der Waals surface area contributed by atoms with E-state index in [1.165, 1.54) is 25.7 Å². The number of ether oxygens (including phenoxy) is 2. The molecule has 4 rings (SSSR count). The van der Waals surface area contributed by atoms with Crippen molar-refractivity contribution in [1.82, 2.24) is 10.2 Å². The summed E-state index contributed by atoms with van der Waals surface area (Å²) in [5, 5.41) is 5.68. The van der Waals surface area contributed by atoms with E-state index in [-0.39, 0.29) is 46.9 Å². The summed E-state index contributed by atoms with van der Waals surface area (Å²) < 4.78 is 25.0. The Balaban J connectivity index is 1.43. The summed E-state index contributed by atoms with van der Waals surface area (Å²) in [5.41, 5.74) is -0.534. The fraction of sp³-hybridized carbons (Fsp3) is 0.697. The van der Waals surface area contributed by atoms with Crippen molar-refractivity contribution in [2.75, 3.05) is 19.0 Å². The molecule has 0 aromatic heterocycles. The van der Waals surface area contributed by atoms with E-state index in [2.05, 4.69) is 15.4 Å². The second-order valence-electron chi connectivity index (χ2n) is 13.5. The predicted molar refractivity (Wildman–Crippen MR) is 161 cm³/mol. The van der Waals surface area contributed by atoms with Crippen molar-refractivity contribution in [2.24, 2.45) is 23.7 Å². The van der Waals surface area contributed by atoms with E-state index in [1.54, 1.807) is 4.90 Å². The van der Waals surface area contributed by atoms with Crippen molar-refractivity contribution in [1.29, 1.82) is 0 Å². The van der Waals surface area contributed by atoms with Crippen molar-refractivity contribution in [2.45, 2.75) is 110 Å². The van der Waals surface area contributed by atoms with Crippen molar-refractivity contribution < 1.29 is 33.0 Å². The Kier molecular flexibility index (Phi) is 10.7. The van der Waals surface area contributed by atoms with Gasteiger partial charge >= 0.3 is 12.1 Å². The lowest BCUT2D eigenvalue weighted by molar-refractivity contribution is -0.142. The zero-order valence-corrected chi connectivity index (χ0v) is 26.2. The molecular weight excluding hydrogens is 553 g/mol. The summed E-state index contributed by atoms with van der Waals surface area (Å²) in [6.07, 6.45) is 8.77. The third-order valence-electron chi connectivity index (χ3n) is 9.47. The fourth-order valence-electron chi connectivity index (χ4n) is 7.24. The number of nitrogens with zero attached hydrogens (tertiary/aromatic N) is 1. The van der Waals surface area contributed by atoms with Gasteiger partial charge in [0.1, 0.15) is 17.5 Å². The highest BCUT2D eigenvalue weighted by Gasteiger charge is 2.47. The van der Waals surface area contributed by atoms with Crippen LogP contribution in [0.25, 0.3) is 0 Å². The number of carbonyl (C=O) groups is 4. The first kappa shape index (κ1) is 32.7. The monoisotopic (exact) mass is 601 g/mol. The predicted octanol–water partition coefficient (Wildman–Crippen LogP) is 6.07. The number of nitrogens with one attached hydrogen (secondary N) is 2. The van der Waals surface area contributed by atoms with E-state index in [9.17, 15) is 23.6 Å². The molecule has 0 bridgehead atoms. The summed E-state index contributed by atoms with van der Waals surface area (Å²) in [6, 6.07) is 3.09. The lowest BCUT2D eigenvalue weighted by Crippen LogP contribution is -2.50. The Hall–Kier alpha value is -3.17. The van der Waals surface area contributed by atoms with Gasteiger partial charge in [-0.3, -0.25) is 9.59 Å². The molecule has 2 saturated carbocycles. The summed E-state index contributed by atoms with van der Waals surface area (Å²) in [6.45, 7) is 7.98. The first-order valence-electron chi connectivity index (χ1n) is 15.9. The lowest BCUT2D eigenvalue weighted by atomic mass is 9.76. The van der Waals surface area contributed by atoms with Crippen LogP contribution in [0, 0.1) is 29.5 Å². The largest absolute Gasteiger partial charge is 0.465 e.